The van der Waals surface area contributed by atoms with E-state index in [1.54, 1.807) is 25.1 Å². The molecule has 2 atom stereocenters. The lowest BCUT2D eigenvalue weighted by atomic mass is 10.1. The van der Waals surface area contributed by atoms with E-state index in [0.29, 0.717) is 29.7 Å². The van der Waals surface area contributed by atoms with E-state index in [-0.39, 0.29) is 16.9 Å². The van der Waals surface area contributed by atoms with Crippen molar-refractivity contribution in [2.24, 2.45) is 4.99 Å². The van der Waals surface area contributed by atoms with E-state index in [1.165, 1.54) is 25.3 Å². The summed E-state index contributed by atoms with van der Waals surface area (Å²) in [6.07, 6.45) is 1.83. The molecule has 1 N–H and O–H groups in total. The van der Waals surface area contributed by atoms with Crippen molar-refractivity contribution in [2.45, 2.75) is 38.0 Å². The van der Waals surface area contributed by atoms with Crippen LogP contribution in [0.3, 0.4) is 0 Å². The highest BCUT2D eigenvalue weighted by atomic mass is 32.2. The van der Waals surface area contributed by atoms with Crippen molar-refractivity contribution in [3.8, 4) is 28.5 Å². The minimum Gasteiger partial charge on any atom is -0.483 e. The van der Waals surface area contributed by atoms with Gasteiger partial charge in [-0.25, -0.2) is 18.4 Å². The maximum Gasteiger partial charge on any atom is 0.233 e. The van der Waals surface area contributed by atoms with Crippen LogP contribution < -0.4 is 9.47 Å². The molecule has 10 heteroatoms. The number of benzene rings is 1. The van der Waals surface area contributed by atoms with Gasteiger partial charge >= 0.3 is 0 Å². The molecule has 1 aliphatic rings. The highest BCUT2D eigenvalue weighted by Gasteiger charge is 2.19. The second-order valence-corrected chi connectivity index (χ2v) is 10.1. The number of ketones is 1. The standard InChI is InChI=1S/C24H25N3O6S/c1-14-12-26-24(31-14)22-7-6-21(27-22)17-9-19(32-16(3)15(2)28)11-20(10-17)33-18-5-8-23(25-13-18)34(4,29)30/h5-11,13-14,16,27H,12H2,1-4H3/t14-,16?/m0/s1. The molecule has 1 unspecified atom stereocenters. The zero-order valence-corrected chi connectivity index (χ0v) is 20.0. The molecule has 0 spiro atoms. The molecule has 1 aromatic carbocycles. The van der Waals surface area contributed by atoms with Crippen molar-refractivity contribution in [1.29, 1.82) is 0 Å². The minimum atomic E-state index is -3.41. The van der Waals surface area contributed by atoms with Gasteiger partial charge in [0, 0.05) is 23.6 Å². The maximum absolute atomic E-state index is 11.7. The lowest BCUT2D eigenvalue weighted by molar-refractivity contribution is -0.122. The first kappa shape index (κ1) is 23.5. The molecule has 0 bridgehead atoms. The van der Waals surface area contributed by atoms with Gasteiger partial charge < -0.3 is 19.2 Å². The van der Waals surface area contributed by atoms with E-state index >= 15 is 0 Å². The van der Waals surface area contributed by atoms with Gasteiger partial charge in [-0.3, -0.25) is 4.79 Å². The number of carbonyl (C=O) groups is 1. The fourth-order valence-corrected chi connectivity index (χ4v) is 3.80. The van der Waals surface area contributed by atoms with Gasteiger partial charge in [-0.2, -0.15) is 0 Å². The van der Waals surface area contributed by atoms with Crippen molar-refractivity contribution < 1.29 is 27.4 Å². The quantitative estimate of drug-likeness (QED) is 0.517. The van der Waals surface area contributed by atoms with Crippen molar-refractivity contribution >= 4 is 21.5 Å². The van der Waals surface area contributed by atoms with Crippen LogP contribution in [0.1, 0.15) is 26.5 Å². The van der Waals surface area contributed by atoms with Gasteiger partial charge in [-0.1, -0.05) is 0 Å². The number of nitrogens with one attached hydrogen (secondary N) is 1. The molecule has 1 aliphatic heterocycles. The number of aromatic nitrogens is 2. The molecular formula is C24H25N3O6S. The van der Waals surface area contributed by atoms with Crippen LogP contribution in [0.5, 0.6) is 17.2 Å². The third-order valence-electron chi connectivity index (χ3n) is 5.12. The summed E-state index contributed by atoms with van der Waals surface area (Å²) in [5.41, 5.74) is 2.28. The number of nitrogens with zero attached hydrogens (tertiary/aromatic N) is 2. The first-order chi connectivity index (χ1) is 16.1. The number of H-pyrrole nitrogens is 1. The number of Topliss-reactive ketones (excluding diaryl/α,β-unsaturated/α-hetero) is 1. The summed E-state index contributed by atoms with van der Waals surface area (Å²) >= 11 is 0. The van der Waals surface area contributed by atoms with Gasteiger partial charge in [-0.15, -0.1) is 0 Å². The Labute approximate surface area is 197 Å². The van der Waals surface area contributed by atoms with Crippen LogP contribution in [0, 0.1) is 0 Å². The average Bonchev–Trinajstić information content (AvgIpc) is 3.42. The number of aliphatic imine (C=N–C) groups is 1. The Hall–Kier alpha value is -3.66. The Morgan fingerprint density at radius 3 is 2.47 bits per heavy atom. The number of sulfone groups is 1. The molecule has 178 valence electrons. The Balaban J connectivity index is 1.66. The Morgan fingerprint density at radius 2 is 1.85 bits per heavy atom. The van der Waals surface area contributed by atoms with E-state index in [4.69, 9.17) is 14.2 Å². The van der Waals surface area contributed by atoms with E-state index in [0.717, 1.165) is 23.2 Å². The van der Waals surface area contributed by atoms with E-state index < -0.39 is 15.9 Å². The van der Waals surface area contributed by atoms with Crippen LogP contribution in [-0.2, 0) is 19.4 Å². The predicted molar refractivity (Wildman–Crippen MR) is 126 cm³/mol. The molecule has 0 amide bonds. The number of pyridine rings is 1. The normalized spacial score (nSPS) is 16.5. The van der Waals surface area contributed by atoms with Gasteiger partial charge in [0.2, 0.25) is 5.90 Å². The Bertz CT molecular complexity index is 1350. The Kier molecular flexibility index (Phi) is 6.43. The lowest BCUT2D eigenvalue weighted by Gasteiger charge is -2.15. The Morgan fingerprint density at radius 1 is 1.12 bits per heavy atom. The largest absolute Gasteiger partial charge is 0.483 e. The van der Waals surface area contributed by atoms with Crippen LogP contribution in [0.2, 0.25) is 0 Å². The predicted octanol–water partition coefficient (Wildman–Crippen LogP) is 3.79. The summed E-state index contributed by atoms with van der Waals surface area (Å²) in [6.45, 7) is 5.70. The fourth-order valence-electron chi connectivity index (χ4n) is 3.24. The number of aromatic amines is 1. The van der Waals surface area contributed by atoms with Gasteiger partial charge in [0.15, 0.2) is 26.8 Å². The number of hydrogen-bond acceptors (Lipinski definition) is 8. The van der Waals surface area contributed by atoms with Crippen LogP contribution in [0.4, 0.5) is 0 Å². The second kappa shape index (κ2) is 9.30. The van der Waals surface area contributed by atoms with Gasteiger partial charge in [0.05, 0.1) is 12.7 Å². The molecular weight excluding hydrogens is 458 g/mol. The molecule has 0 radical (unpaired) electrons. The first-order valence-corrected chi connectivity index (χ1v) is 12.5. The van der Waals surface area contributed by atoms with E-state index in [1.807, 2.05) is 19.1 Å². The summed E-state index contributed by atoms with van der Waals surface area (Å²) in [5.74, 6) is 1.67. The van der Waals surface area contributed by atoms with Gasteiger partial charge in [0.25, 0.3) is 0 Å². The smallest absolute Gasteiger partial charge is 0.233 e. The zero-order valence-electron chi connectivity index (χ0n) is 19.2. The van der Waals surface area contributed by atoms with Crippen molar-refractivity contribution in [3.63, 3.8) is 0 Å². The average molecular weight is 484 g/mol. The summed E-state index contributed by atoms with van der Waals surface area (Å²) in [6, 6.07) is 11.9. The molecule has 0 fully saturated rings. The number of hydrogen-bond donors (Lipinski definition) is 1. The molecule has 3 heterocycles. The molecule has 2 aromatic heterocycles. The van der Waals surface area contributed by atoms with E-state index in [2.05, 4.69) is 15.0 Å². The maximum atomic E-state index is 11.7. The number of carbonyl (C=O) groups excluding carboxylic acids is 1. The van der Waals surface area contributed by atoms with Crippen molar-refractivity contribution in [2.75, 3.05) is 12.8 Å². The molecule has 34 heavy (non-hydrogen) atoms. The molecule has 0 aliphatic carbocycles. The fraction of sp³-hybridized carbons (Fsp3) is 0.292. The molecule has 0 saturated heterocycles. The first-order valence-electron chi connectivity index (χ1n) is 10.7. The van der Waals surface area contributed by atoms with Crippen LogP contribution in [0.25, 0.3) is 11.3 Å². The monoisotopic (exact) mass is 483 g/mol. The van der Waals surface area contributed by atoms with Gasteiger partial charge in [0.1, 0.15) is 29.0 Å². The molecule has 3 aromatic rings. The summed E-state index contributed by atoms with van der Waals surface area (Å²) < 4.78 is 40.8. The topological polar surface area (TPSA) is 120 Å². The number of ether oxygens (including phenoxy) is 3. The zero-order chi connectivity index (χ0) is 24.5. The summed E-state index contributed by atoms with van der Waals surface area (Å²) in [5, 5.41) is -0.0433. The number of rotatable bonds is 8. The van der Waals surface area contributed by atoms with Crippen molar-refractivity contribution in [1.82, 2.24) is 9.97 Å². The molecule has 4 rings (SSSR count). The van der Waals surface area contributed by atoms with Crippen LogP contribution >= 0.6 is 0 Å². The van der Waals surface area contributed by atoms with Crippen LogP contribution in [-0.4, -0.2) is 55.1 Å². The highest BCUT2D eigenvalue weighted by Crippen LogP contribution is 2.33. The second-order valence-electron chi connectivity index (χ2n) is 8.13. The third-order valence-corrected chi connectivity index (χ3v) is 6.12. The highest BCUT2D eigenvalue weighted by molar-refractivity contribution is 7.90. The third kappa shape index (κ3) is 5.45. The molecule has 9 nitrogen and oxygen atoms in total. The minimum absolute atomic E-state index is 0.0363. The van der Waals surface area contributed by atoms with Crippen molar-refractivity contribution in [3.05, 3.63) is 54.4 Å². The van der Waals surface area contributed by atoms with E-state index in [9.17, 15) is 13.2 Å². The summed E-state index contributed by atoms with van der Waals surface area (Å²) in [4.78, 5) is 23.4. The SMILES string of the molecule is CC(=O)C(C)Oc1cc(Oc2ccc(S(C)(=O)=O)nc2)cc(-c2ccc(C3=NC[C@H](C)O3)[nH]2)c1. The summed E-state index contributed by atoms with van der Waals surface area (Å²) in [7, 11) is -3.41. The van der Waals surface area contributed by atoms with Gasteiger partial charge in [-0.05, 0) is 57.2 Å². The van der Waals surface area contributed by atoms with Crippen LogP contribution in [0.15, 0.2) is 58.7 Å². The lowest BCUT2D eigenvalue weighted by Crippen LogP contribution is -2.20. The molecule has 0 saturated carbocycles.